The highest BCUT2D eigenvalue weighted by molar-refractivity contribution is 7.81. The molecule has 0 radical (unpaired) electrons. The molecular weight excluding hydrogens is 527 g/mol. The third kappa shape index (κ3) is 4.07. The number of thiocarbonyl (C=S) groups is 1. The van der Waals surface area contributed by atoms with E-state index in [9.17, 15) is 18.0 Å². The van der Waals surface area contributed by atoms with Gasteiger partial charge in [0.2, 0.25) is 0 Å². The van der Waals surface area contributed by atoms with E-state index in [0.29, 0.717) is 18.5 Å². The van der Waals surface area contributed by atoms with E-state index in [-0.39, 0.29) is 28.3 Å². The van der Waals surface area contributed by atoms with Crippen molar-refractivity contribution in [2.75, 3.05) is 23.4 Å². The summed E-state index contributed by atoms with van der Waals surface area (Å²) in [6, 6.07) is 9.69. The molecule has 2 spiro atoms. The van der Waals surface area contributed by atoms with E-state index in [1.807, 2.05) is 24.3 Å². The molecular formula is C28H28F3N5O2S. The minimum atomic E-state index is -4.80. The standard InChI is InChI=1S/C28H28F3N5O2S/c1-34-13-8-21(15-26(34)9-2-10-26)38-20-6-4-18(5-7-20)36-25(39)35(24(37)27(36)11-3-12-27)19-14-22(28(29,30)31)23(16-32)33-17-19/h4-7,14,17,21H,2-3,8-13,15H2,1H3. The van der Waals surface area contributed by atoms with E-state index >= 15 is 0 Å². The predicted molar refractivity (Wildman–Crippen MR) is 142 cm³/mol. The van der Waals surface area contributed by atoms with E-state index < -0.39 is 23.0 Å². The number of aromatic nitrogens is 1. The number of halogens is 3. The van der Waals surface area contributed by atoms with Gasteiger partial charge in [-0.15, -0.1) is 0 Å². The van der Waals surface area contributed by atoms with Crippen molar-refractivity contribution in [3.05, 3.63) is 47.8 Å². The Hall–Kier alpha value is -3.23. The quantitative estimate of drug-likeness (QED) is 0.466. The third-order valence-corrected chi connectivity index (χ3v) is 9.39. The van der Waals surface area contributed by atoms with Crippen LogP contribution in [-0.2, 0) is 11.0 Å². The molecule has 3 heterocycles. The van der Waals surface area contributed by atoms with Crippen LogP contribution in [-0.4, -0.2) is 51.7 Å². The number of nitriles is 1. The molecule has 1 aromatic heterocycles. The van der Waals surface area contributed by atoms with Crippen LogP contribution < -0.4 is 14.5 Å². The lowest BCUT2D eigenvalue weighted by Crippen LogP contribution is -2.58. The van der Waals surface area contributed by atoms with Gasteiger partial charge in [0.25, 0.3) is 5.91 Å². The number of carbonyl (C=O) groups excluding carboxylic acids is 1. The fraction of sp³-hybridized carbons (Fsp3) is 0.500. The SMILES string of the molecule is CN1CCC(Oc2ccc(N3C(=S)N(c4cnc(C#N)c(C(F)(F)F)c4)C(=O)C34CCC4)cc2)CC12CCC2. The first-order valence-corrected chi connectivity index (χ1v) is 13.6. The van der Waals surface area contributed by atoms with Gasteiger partial charge in [-0.1, -0.05) is 0 Å². The van der Waals surface area contributed by atoms with Crippen LogP contribution in [0.4, 0.5) is 24.5 Å². The summed E-state index contributed by atoms with van der Waals surface area (Å²) in [6.45, 7) is 1.01. The maximum Gasteiger partial charge on any atom is 0.419 e. The fourth-order valence-corrected chi connectivity index (χ4v) is 6.95. The molecule has 2 saturated carbocycles. The number of rotatable bonds is 4. The zero-order valence-electron chi connectivity index (χ0n) is 21.5. The molecule has 7 nitrogen and oxygen atoms in total. The molecule has 204 valence electrons. The van der Waals surface area contributed by atoms with Gasteiger partial charge in [0.05, 0.1) is 17.4 Å². The van der Waals surface area contributed by atoms with Gasteiger partial charge in [0.1, 0.15) is 23.5 Å². The van der Waals surface area contributed by atoms with Crippen LogP contribution in [0, 0.1) is 11.3 Å². The molecule has 39 heavy (non-hydrogen) atoms. The summed E-state index contributed by atoms with van der Waals surface area (Å²) >= 11 is 5.69. The highest BCUT2D eigenvalue weighted by Crippen LogP contribution is 2.49. The molecule has 1 aromatic carbocycles. The Labute approximate surface area is 230 Å². The molecule has 4 fully saturated rings. The topological polar surface area (TPSA) is 72.7 Å². The third-order valence-electron chi connectivity index (χ3n) is 9.02. The van der Waals surface area contributed by atoms with E-state index in [0.717, 1.165) is 48.7 Å². The van der Waals surface area contributed by atoms with Crippen molar-refractivity contribution in [2.45, 2.75) is 74.7 Å². The zero-order valence-corrected chi connectivity index (χ0v) is 22.3. The van der Waals surface area contributed by atoms with Crippen LogP contribution in [0.25, 0.3) is 0 Å². The highest BCUT2D eigenvalue weighted by Gasteiger charge is 2.59. The van der Waals surface area contributed by atoms with Crippen LogP contribution >= 0.6 is 12.2 Å². The Morgan fingerprint density at radius 3 is 2.38 bits per heavy atom. The number of pyridine rings is 1. The summed E-state index contributed by atoms with van der Waals surface area (Å²) in [5.41, 5.74) is -2.05. The van der Waals surface area contributed by atoms with E-state index in [2.05, 4.69) is 16.9 Å². The number of ether oxygens (including phenoxy) is 1. The number of benzene rings is 1. The molecule has 0 N–H and O–H groups in total. The highest BCUT2D eigenvalue weighted by atomic mass is 32.1. The summed E-state index contributed by atoms with van der Waals surface area (Å²) in [4.78, 5) is 22.7. The maximum absolute atomic E-state index is 13.7. The molecule has 2 aliphatic carbocycles. The van der Waals surface area contributed by atoms with E-state index in [1.54, 1.807) is 4.90 Å². The molecule has 2 saturated heterocycles. The maximum atomic E-state index is 13.7. The van der Waals surface area contributed by atoms with Gasteiger partial charge in [0, 0.05) is 24.2 Å². The Morgan fingerprint density at radius 2 is 1.82 bits per heavy atom. The number of anilines is 2. The number of likely N-dealkylation sites (tertiary alicyclic amines) is 1. The second kappa shape index (κ2) is 9.17. The largest absolute Gasteiger partial charge is 0.490 e. The minimum absolute atomic E-state index is 0.0928. The van der Waals surface area contributed by atoms with Crippen LogP contribution in [0.2, 0.25) is 0 Å². The average molecular weight is 556 g/mol. The van der Waals surface area contributed by atoms with Gasteiger partial charge in [0.15, 0.2) is 10.8 Å². The number of carbonyl (C=O) groups is 1. The van der Waals surface area contributed by atoms with E-state index in [1.165, 1.54) is 25.3 Å². The number of amides is 1. The van der Waals surface area contributed by atoms with Crippen molar-refractivity contribution in [1.29, 1.82) is 5.26 Å². The first-order chi connectivity index (χ1) is 18.6. The predicted octanol–water partition coefficient (Wildman–Crippen LogP) is 5.43. The Balaban J connectivity index is 1.26. The molecule has 1 amide bonds. The average Bonchev–Trinajstić information content (AvgIpc) is 3.10. The number of hydrogen-bond donors (Lipinski definition) is 0. The smallest absolute Gasteiger partial charge is 0.419 e. The second-order valence-electron chi connectivity index (χ2n) is 11.1. The van der Waals surface area contributed by atoms with Crippen LogP contribution in [0.3, 0.4) is 0 Å². The molecule has 2 aliphatic heterocycles. The Morgan fingerprint density at radius 1 is 1.13 bits per heavy atom. The molecule has 1 unspecified atom stereocenters. The monoisotopic (exact) mass is 555 g/mol. The van der Waals surface area contributed by atoms with Crippen molar-refractivity contribution in [2.24, 2.45) is 0 Å². The number of hydrogen-bond acceptors (Lipinski definition) is 6. The number of piperidine rings is 1. The van der Waals surface area contributed by atoms with E-state index in [4.69, 9.17) is 22.2 Å². The summed E-state index contributed by atoms with van der Waals surface area (Å²) in [5, 5.41) is 9.20. The Kier molecular flexibility index (Phi) is 6.11. The lowest BCUT2D eigenvalue weighted by molar-refractivity contribution is -0.138. The van der Waals surface area contributed by atoms with Crippen LogP contribution in [0.5, 0.6) is 5.75 Å². The number of alkyl halides is 3. The van der Waals surface area contributed by atoms with Crippen molar-refractivity contribution in [3.8, 4) is 11.8 Å². The fourth-order valence-electron chi connectivity index (χ4n) is 6.48. The minimum Gasteiger partial charge on any atom is -0.490 e. The molecule has 4 aliphatic rings. The van der Waals surface area contributed by atoms with Crippen molar-refractivity contribution in [3.63, 3.8) is 0 Å². The van der Waals surface area contributed by atoms with Crippen molar-refractivity contribution in [1.82, 2.24) is 9.88 Å². The van der Waals surface area contributed by atoms with Crippen molar-refractivity contribution < 1.29 is 22.7 Å². The van der Waals surface area contributed by atoms with Gasteiger partial charge >= 0.3 is 6.18 Å². The molecule has 1 atom stereocenters. The first kappa shape index (κ1) is 26.0. The zero-order chi connectivity index (χ0) is 27.6. The summed E-state index contributed by atoms with van der Waals surface area (Å²) < 4.78 is 47.2. The van der Waals surface area contributed by atoms with Gasteiger partial charge in [-0.2, -0.15) is 18.4 Å². The normalized spacial score (nSPS) is 24.0. The van der Waals surface area contributed by atoms with Gasteiger partial charge in [-0.25, -0.2) is 4.98 Å². The lowest BCUT2D eigenvalue weighted by atomic mass is 9.69. The molecule has 11 heteroatoms. The van der Waals surface area contributed by atoms with Gasteiger partial charge < -0.3 is 14.5 Å². The Bertz CT molecular complexity index is 1360. The van der Waals surface area contributed by atoms with Crippen LogP contribution in [0.15, 0.2) is 36.5 Å². The summed E-state index contributed by atoms with van der Waals surface area (Å²) in [6.07, 6.45) is 3.96. The second-order valence-corrected chi connectivity index (χ2v) is 11.4. The number of nitrogens with zero attached hydrogens (tertiary/aromatic N) is 5. The summed E-state index contributed by atoms with van der Waals surface area (Å²) in [7, 11) is 2.20. The lowest BCUT2D eigenvalue weighted by Gasteiger charge is -2.53. The summed E-state index contributed by atoms with van der Waals surface area (Å²) in [5.74, 6) is 0.362. The van der Waals surface area contributed by atoms with Crippen molar-refractivity contribution >= 4 is 34.6 Å². The van der Waals surface area contributed by atoms with Crippen LogP contribution in [0.1, 0.15) is 62.6 Å². The first-order valence-electron chi connectivity index (χ1n) is 13.2. The van der Waals surface area contributed by atoms with Gasteiger partial charge in [-0.05, 0) is 94.5 Å². The molecule has 0 bridgehead atoms. The molecule has 6 rings (SSSR count). The molecule has 2 aromatic rings. The van der Waals surface area contributed by atoms with Gasteiger partial charge in [-0.3, -0.25) is 9.69 Å².